The van der Waals surface area contributed by atoms with Crippen molar-refractivity contribution in [2.24, 2.45) is 0 Å². The zero-order valence-corrected chi connectivity index (χ0v) is 38.4. The van der Waals surface area contributed by atoms with Gasteiger partial charge in [-0.3, -0.25) is 14.2 Å². The van der Waals surface area contributed by atoms with Gasteiger partial charge >= 0.3 is 11.9 Å². The van der Waals surface area contributed by atoms with E-state index in [9.17, 15) is 19.0 Å². The first kappa shape index (κ1) is 55.2. The lowest BCUT2D eigenvalue weighted by atomic mass is 10.1. The van der Waals surface area contributed by atoms with E-state index in [1.165, 1.54) is 103 Å². The van der Waals surface area contributed by atoms with Crippen molar-refractivity contribution in [1.82, 2.24) is 0 Å². The molecule has 57 heavy (non-hydrogen) atoms. The van der Waals surface area contributed by atoms with Crippen molar-refractivity contribution in [3.63, 3.8) is 0 Å². The Morgan fingerprint density at radius 2 is 0.965 bits per heavy atom. The van der Waals surface area contributed by atoms with Gasteiger partial charge in [0, 0.05) is 12.8 Å². The topological polar surface area (TPSA) is 111 Å². The van der Waals surface area contributed by atoms with Crippen LogP contribution in [0.1, 0.15) is 200 Å². The average molecular weight is 826 g/mol. The number of quaternary nitrogens is 1. The Labute approximate surface area is 351 Å². The van der Waals surface area contributed by atoms with E-state index in [2.05, 4.69) is 50.3 Å². The summed E-state index contributed by atoms with van der Waals surface area (Å²) < 4.78 is 33.9. The molecule has 1 unspecified atom stereocenters. The van der Waals surface area contributed by atoms with Crippen molar-refractivity contribution in [3.8, 4) is 0 Å². The van der Waals surface area contributed by atoms with Crippen molar-refractivity contribution in [3.05, 3.63) is 36.5 Å². The lowest BCUT2D eigenvalue weighted by Crippen LogP contribution is -2.37. The molecule has 10 heteroatoms. The summed E-state index contributed by atoms with van der Waals surface area (Å²) in [6.07, 6.45) is 44.5. The normalized spacial score (nSPS) is 13.9. The fourth-order valence-electron chi connectivity index (χ4n) is 6.19. The summed E-state index contributed by atoms with van der Waals surface area (Å²) in [5, 5.41) is 0. The number of esters is 2. The van der Waals surface area contributed by atoms with Gasteiger partial charge in [-0.1, -0.05) is 159 Å². The second kappa shape index (κ2) is 39.7. The molecule has 0 aliphatic heterocycles. The van der Waals surface area contributed by atoms with Crippen LogP contribution in [0.2, 0.25) is 0 Å². The highest BCUT2D eigenvalue weighted by Gasteiger charge is 2.21. The molecule has 0 saturated carbocycles. The molecule has 0 amide bonds. The van der Waals surface area contributed by atoms with Crippen LogP contribution in [0.25, 0.3) is 0 Å². The number of carbonyl (C=O) groups is 2. The van der Waals surface area contributed by atoms with E-state index in [1.54, 1.807) is 0 Å². The zero-order chi connectivity index (χ0) is 42.1. The molecule has 0 rings (SSSR count). The lowest BCUT2D eigenvalue weighted by Gasteiger charge is -2.28. The molecule has 0 radical (unpaired) electrons. The van der Waals surface area contributed by atoms with Crippen molar-refractivity contribution >= 4 is 19.8 Å². The van der Waals surface area contributed by atoms with Crippen LogP contribution < -0.4 is 4.89 Å². The monoisotopic (exact) mass is 826 g/mol. The molecule has 0 heterocycles. The van der Waals surface area contributed by atoms with E-state index in [0.717, 1.165) is 64.2 Å². The molecule has 0 aromatic carbocycles. The summed E-state index contributed by atoms with van der Waals surface area (Å²) in [7, 11) is 1.15. The van der Waals surface area contributed by atoms with Gasteiger partial charge in [-0.05, 0) is 64.2 Å². The maximum atomic E-state index is 12.7. The molecule has 0 spiro atoms. The number of hydrogen-bond acceptors (Lipinski definition) is 8. The Hall–Kier alpha value is -1.77. The van der Waals surface area contributed by atoms with Gasteiger partial charge < -0.3 is 27.9 Å². The van der Waals surface area contributed by atoms with E-state index < -0.39 is 26.5 Å². The van der Waals surface area contributed by atoms with Crippen molar-refractivity contribution < 1.29 is 42.1 Å². The Bertz CT molecular complexity index is 1070. The highest BCUT2D eigenvalue weighted by atomic mass is 31.2. The number of allylic oxidation sites excluding steroid dienone is 6. The van der Waals surface area contributed by atoms with Crippen LogP contribution in [0.4, 0.5) is 0 Å². The summed E-state index contributed by atoms with van der Waals surface area (Å²) in [6.45, 7) is 4.17. The predicted molar refractivity (Wildman–Crippen MR) is 236 cm³/mol. The highest BCUT2D eigenvalue weighted by Crippen LogP contribution is 2.38. The van der Waals surface area contributed by atoms with Crippen LogP contribution in [0.3, 0.4) is 0 Å². The summed E-state index contributed by atoms with van der Waals surface area (Å²) in [5.41, 5.74) is 0. The molecule has 0 saturated heterocycles. The SMILES string of the molecule is CCCC/C=C/C/C=C/CCCCCCCC(=O)O[C@@H](COC(=O)CCCCCCCCCCC/C=C/CCCCCCCC)COP(=O)([O-])OCC[N+](C)(C)C. The number of phosphoric acid groups is 1. The smallest absolute Gasteiger partial charge is 0.306 e. The summed E-state index contributed by atoms with van der Waals surface area (Å²) in [6, 6.07) is 0. The molecule has 0 bridgehead atoms. The summed E-state index contributed by atoms with van der Waals surface area (Å²) in [5.74, 6) is -0.850. The third kappa shape index (κ3) is 43.6. The minimum absolute atomic E-state index is 0.0340. The van der Waals surface area contributed by atoms with E-state index in [0.29, 0.717) is 17.4 Å². The fraction of sp³-hybridized carbons (Fsp3) is 0.830. The van der Waals surface area contributed by atoms with Gasteiger partial charge in [0.1, 0.15) is 19.8 Å². The molecule has 0 aliphatic rings. The number of nitrogens with zero attached hydrogens (tertiary/aromatic N) is 1. The second-order valence-electron chi connectivity index (χ2n) is 16.8. The van der Waals surface area contributed by atoms with Crippen LogP contribution in [0.15, 0.2) is 36.5 Å². The molecular formula is C47H88NO8P. The standard InChI is InChI=1S/C47H88NO8P/c1-6-8-10-12-14-16-18-20-22-23-24-25-26-28-29-31-33-35-37-39-46(49)53-43-45(44-55-57(51,52)54-42-41-48(3,4)5)56-47(50)40-38-36-34-32-30-27-21-19-17-15-13-11-9-7-2/h13,15,19-22,45H,6-12,14,16-18,23-44H2,1-5H3/b15-13+,21-19+,22-20+/t45-/m0/s1. The largest absolute Gasteiger partial charge is 0.756 e. The van der Waals surface area contributed by atoms with E-state index in [1.807, 2.05) is 21.1 Å². The van der Waals surface area contributed by atoms with Gasteiger partial charge in [0.25, 0.3) is 7.82 Å². The molecular weight excluding hydrogens is 737 g/mol. The van der Waals surface area contributed by atoms with Gasteiger partial charge in [0.05, 0.1) is 27.7 Å². The van der Waals surface area contributed by atoms with Crippen LogP contribution >= 0.6 is 7.82 Å². The number of rotatable bonds is 42. The lowest BCUT2D eigenvalue weighted by molar-refractivity contribution is -0.870. The van der Waals surface area contributed by atoms with Crippen LogP contribution in [0, 0.1) is 0 Å². The first-order valence-corrected chi connectivity index (χ1v) is 24.7. The third-order valence-electron chi connectivity index (χ3n) is 9.88. The van der Waals surface area contributed by atoms with Crippen molar-refractivity contribution in [2.45, 2.75) is 206 Å². The van der Waals surface area contributed by atoms with Crippen molar-refractivity contribution in [1.29, 1.82) is 0 Å². The van der Waals surface area contributed by atoms with Gasteiger partial charge in [-0.2, -0.15) is 0 Å². The van der Waals surface area contributed by atoms with E-state index >= 15 is 0 Å². The Kier molecular flexibility index (Phi) is 38.4. The summed E-state index contributed by atoms with van der Waals surface area (Å²) in [4.78, 5) is 37.6. The van der Waals surface area contributed by atoms with Gasteiger partial charge in [0.2, 0.25) is 0 Å². The number of unbranched alkanes of at least 4 members (excludes halogenated alkanes) is 22. The first-order valence-electron chi connectivity index (χ1n) is 23.2. The number of ether oxygens (including phenoxy) is 2. The van der Waals surface area contributed by atoms with E-state index in [4.69, 9.17) is 18.5 Å². The number of likely N-dealkylation sites (N-methyl/N-ethyl adjacent to an activating group) is 1. The Balaban J connectivity index is 4.31. The molecule has 0 aliphatic carbocycles. The maximum absolute atomic E-state index is 12.7. The van der Waals surface area contributed by atoms with Gasteiger partial charge in [0.15, 0.2) is 6.10 Å². The molecule has 0 fully saturated rings. The first-order chi connectivity index (χ1) is 27.5. The highest BCUT2D eigenvalue weighted by molar-refractivity contribution is 7.45. The van der Waals surface area contributed by atoms with Crippen LogP contribution in [0.5, 0.6) is 0 Å². The zero-order valence-electron chi connectivity index (χ0n) is 37.5. The Morgan fingerprint density at radius 3 is 1.46 bits per heavy atom. The molecule has 334 valence electrons. The quantitative estimate of drug-likeness (QED) is 0.0197. The molecule has 2 atom stereocenters. The number of carbonyl (C=O) groups excluding carboxylic acids is 2. The van der Waals surface area contributed by atoms with Crippen LogP contribution in [-0.4, -0.2) is 70.0 Å². The molecule has 0 aromatic heterocycles. The van der Waals surface area contributed by atoms with E-state index in [-0.39, 0.29) is 32.0 Å². The molecule has 0 aromatic rings. The second-order valence-corrected chi connectivity index (χ2v) is 18.2. The number of phosphoric ester groups is 1. The van der Waals surface area contributed by atoms with Crippen LogP contribution in [-0.2, 0) is 32.7 Å². The fourth-order valence-corrected chi connectivity index (χ4v) is 6.92. The summed E-state index contributed by atoms with van der Waals surface area (Å²) >= 11 is 0. The van der Waals surface area contributed by atoms with Gasteiger partial charge in [-0.25, -0.2) is 0 Å². The van der Waals surface area contributed by atoms with Gasteiger partial charge in [-0.15, -0.1) is 0 Å². The molecule has 9 nitrogen and oxygen atoms in total. The third-order valence-corrected chi connectivity index (χ3v) is 10.8. The number of hydrogen-bond donors (Lipinski definition) is 0. The average Bonchev–Trinajstić information content (AvgIpc) is 3.16. The molecule has 0 N–H and O–H groups in total. The Morgan fingerprint density at radius 1 is 0.544 bits per heavy atom. The predicted octanol–water partition coefficient (Wildman–Crippen LogP) is 12.7. The van der Waals surface area contributed by atoms with Crippen molar-refractivity contribution in [2.75, 3.05) is 47.5 Å². The minimum Gasteiger partial charge on any atom is -0.756 e. The minimum atomic E-state index is -4.63. The maximum Gasteiger partial charge on any atom is 0.306 e.